The van der Waals surface area contributed by atoms with E-state index in [1.54, 1.807) is 19.9 Å². The highest BCUT2D eigenvalue weighted by Crippen LogP contribution is 2.24. The Kier molecular flexibility index (Phi) is 6.14. The fourth-order valence-electron chi connectivity index (χ4n) is 1.74. The zero-order valence-electron chi connectivity index (χ0n) is 12.1. The maximum Gasteiger partial charge on any atom is 0.321 e. The summed E-state index contributed by atoms with van der Waals surface area (Å²) in [6.07, 6.45) is 0. The number of rotatable bonds is 5. The largest absolute Gasteiger partial charge is 0.481 e. The lowest BCUT2D eigenvalue weighted by molar-refractivity contribution is -0.141. The van der Waals surface area contributed by atoms with E-state index in [9.17, 15) is 14.0 Å². The van der Waals surface area contributed by atoms with Gasteiger partial charge in [-0.25, -0.2) is 9.18 Å². The van der Waals surface area contributed by atoms with Gasteiger partial charge in [0.15, 0.2) is 0 Å². The summed E-state index contributed by atoms with van der Waals surface area (Å²) in [5.74, 6) is -2.11. The maximum absolute atomic E-state index is 13.5. The van der Waals surface area contributed by atoms with Crippen molar-refractivity contribution in [3.63, 3.8) is 0 Å². The molecule has 0 saturated heterocycles. The molecule has 0 saturated carbocycles. The zero-order chi connectivity index (χ0) is 16.2. The topological polar surface area (TPSA) is 69.6 Å². The number of carboxylic acid groups (broad SMARTS) is 1. The maximum atomic E-state index is 13.5. The summed E-state index contributed by atoms with van der Waals surface area (Å²) >= 11 is 3.07. The summed E-state index contributed by atoms with van der Waals surface area (Å²) < 4.78 is 13.8. The number of amides is 2. The van der Waals surface area contributed by atoms with Crippen molar-refractivity contribution >= 4 is 33.6 Å². The normalized spacial score (nSPS) is 11.9. The average molecular weight is 361 g/mol. The highest BCUT2D eigenvalue weighted by atomic mass is 79.9. The number of benzene rings is 1. The van der Waals surface area contributed by atoms with Crippen LogP contribution in [0.5, 0.6) is 0 Å². The van der Waals surface area contributed by atoms with Gasteiger partial charge >= 0.3 is 12.0 Å². The summed E-state index contributed by atoms with van der Waals surface area (Å²) in [7, 11) is 0. The minimum atomic E-state index is -0.966. The van der Waals surface area contributed by atoms with Crippen molar-refractivity contribution in [2.75, 3.05) is 18.4 Å². The Bertz CT molecular complexity index is 551. The second-order valence-corrected chi connectivity index (χ2v) is 5.64. The van der Waals surface area contributed by atoms with Crippen LogP contribution in [0.4, 0.5) is 14.9 Å². The molecule has 1 aromatic rings. The molecule has 0 aliphatic heterocycles. The smallest absolute Gasteiger partial charge is 0.321 e. The second-order valence-electron chi connectivity index (χ2n) is 4.79. The summed E-state index contributed by atoms with van der Waals surface area (Å²) in [4.78, 5) is 24.4. The van der Waals surface area contributed by atoms with Gasteiger partial charge < -0.3 is 15.3 Å². The number of carbonyl (C=O) groups excluding carboxylic acids is 1. The van der Waals surface area contributed by atoms with Crippen LogP contribution in [0.1, 0.15) is 19.4 Å². The molecule has 1 aromatic carbocycles. The molecule has 5 nitrogen and oxygen atoms in total. The molecule has 2 N–H and O–H groups in total. The van der Waals surface area contributed by atoms with Crippen LogP contribution in [0.25, 0.3) is 0 Å². The summed E-state index contributed by atoms with van der Waals surface area (Å²) in [5.41, 5.74) is 1.07. The van der Waals surface area contributed by atoms with E-state index in [0.717, 1.165) is 0 Å². The molecule has 1 rings (SSSR count). The van der Waals surface area contributed by atoms with Gasteiger partial charge in [-0.15, -0.1) is 0 Å². The van der Waals surface area contributed by atoms with Gasteiger partial charge in [0.05, 0.1) is 10.4 Å². The first kappa shape index (κ1) is 17.4. The van der Waals surface area contributed by atoms with E-state index in [-0.39, 0.29) is 6.54 Å². The Balaban J connectivity index is 2.83. The number of hydrogen-bond donors (Lipinski definition) is 2. The van der Waals surface area contributed by atoms with E-state index < -0.39 is 23.7 Å². The monoisotopic (exact) mass is 360 g/mol. The van der Waals surface area contributed by atoms with Gasteiger partial charge in [-0.1, -0.05) is 6.92 Å². The van der Waals surface area contributed by atoms with Crippen LogP contribution in [-0.4, -0.2) is 35.1 Å². The van der Waals surface area contributed by atoms with E-state index in [1.165, 1.54) is 17.9 Å². The van der Waals surface area contributed by atoms with Gasteiger partial charge in [-0.05, 0) is 47.5 Å². The van der Waals surface area contributed by atoms with Crippen LogP contribution in [0, 0.1) is 18.7 Å². The van der Waals surface area contributed by atoms with Crippen molar-refractivity contribution in [2.45, 2.75) is 20.8 Å². The molecule has 1 unspecified atom stereocenters. The van der Waals surface area contributed by atoms with Crippen LogP contribution in [0.15, 0.2) is 16.6 Å². The molecule has 0 heterocycles. The molecule has 7 heteroatoms. The van der Waals surface area contributed by atoms with Gasteiger partial charge in [0, 0.05) is 18.8 Å². The number of hydrogen-bond acceptors (Lipinski definition) is 2. The molecule has 0 bridgehead atoms. The standard InChI is InChI=1S/C14H18BrFN2O3/c1-4-18(7-9(3)13(19)20)14(21)17-12-6-11(16)10(15)5-8(12)2/h5-6,9H,4,7H2,1-3H3,(H,17,21)(H,19,20). The second kappa shape index (κ2) is 7.40. The summed E-state index contributed by atoms with van der Waals surface area (Å²) in [5, 5.41) is 11.5. The van der Waals surface area contributed by atoms with E-state index in [4.69, 9.17) is 5.11 Å². The molecule has 0 aromatic heterocycles. The molecule has 0 fully saturated rings. The lowest BCUT2D eigenvalue weighted by atomic mass is 10.1. The van der Waals surface area contributed by atoms with Crippen LogP contribution in [-0.2, 0) is 4.79 Å². The third kappa shape index (κ3) is 4.70. The molecule has 0 spiro atoms. The number of anilines is 1. The summed E-state index contributed by atoms with van der Waals surface area (Å²) in [6, 6.07) is 2.35. The van der Waals surface area contributed by atoms with E-state index >= 15 is 0 Å². The van der Waals surface area contributed by atoms with Gasteiger partial charge in [0.1, 0.15) is 5.82 Å². The highest BCUT2D eigenvalue weighted by Gasteiger charge is 2.20. The quantitative estimate of drug-likeness (QED) is 0.844. The number of aliphatic carboxylic acids is 1. The Morgan fingerprint density at radius 3 is 2.62 bits per heavy atom. The Labute approximate surface area is 131 Å². The lowest BCUT2D eigenvalue weighted by Crippen LogP contribution is -2.39. The minimum Gasteiger partial charge on any atom is -0.481 e. The predicted molar refractivity (Wildman–Crippen MR) is 81.9 cm³/mol. The Morgan fingerprint density at radius 1 is 1.48 bits per heavy atom. The van der Waals surface area contributed by atoms with Crippen molar-refractivity contribution in [1.29, 1.82) is 0 Å². The number of nitrogens with one attached hydrogen (secondary N) is 1. The van der Waals surface area contributed by atoms with Gasteiger partial charge in [0.2, 0.25) is 0 Å². The molecule has 116 valence electrons. The van der Waals surface area contributed by atoms with E-state index in [2.05, 4.69) is 21.2 Å². The number of nitrogens with zero attached hydrogens (tertiary/aromatic N) is 1. The number of aryl methyl sites for hydroxylation is 1. The van der Waals surface area contributed by atoms with Crippen molar-refractivity contribution in [3.8, 4) is 0 Å². The van der Waals surface area contributed by atoms with Crippen LogP contribution < -0.4 is 5.32 Å². The molecular weight excluding hydrogens is 343 g/mol. The molecule has 2 amide bonds. The lowest BCUT2D eigenvalue weighted by Gasteiger charge is -2.23. The number of carboxylic acids is 1. The van der Waals surface area contributed by atoms with Crippen molar-refractivity contribution in [2.24, 2.45) is 5.92 Å². The first-order valence-electron chi connectivity index (χ1n) is 6.50. The minimum absolute atomic E-state index is 0.0930. The highest BCUT2D eigenvalue weighted by molar-refractivity contribution is 9.10. The number of urea groups is 1. The first-order valence-corrected chi connectivity index (χ1v) is 7.29. The van der Waals surface area contributed by atoms with Crippen LogP contribution >= 0.6 is 15.9 Å². The molecule has 21 heavy (non-hydrogen) atoms. The van der Waals surface area contributed by atoms with Crippen LogP contribution in [0.3, 0.4) is 0 Å². The molecule has 0 radical (unpaired) electrons. The predicted octanol–water partition coefficient (Wildman–Crippen LogP) is 3.47. The third-order valence-electron chi connectivity index (χ3n) is 3.09. The number of halogens is 2. The SMILES string of the molecule is CCN(CC(C)C(=O)O)C(=O)Nc1cc(F)c(Br)cc1C. The Hall–Kier alpha value is -1.63. The Morgan fingerprint density at radius 2 is 2.10 bits per heavy atom. The fraction of sp³-hybridized carbons (Fsp3) is 0.429. The van der Waals surface area contributed by atoms with Crippen molar-refractivity contribution in [1.82, 2.24) is 4.90 Å². The fourth-order valence-corrected chi connectivity index (χ4v) is 2.20. The van der Waals surface area contributed by atoms with Crippen molar-refractivity contribution in [3.05, 3.63) is 28.0 Å². The average Bonchev–Trinajstić information content (AvgIpc) is 2.41. The zero-order valence-corrected chi connectivity index (χ0v) is 13.7. The molecular formula is C14H18BrFN2O3. The van der Waals surface area contributed by atoms with Crippen molar-refractivity contribution < 1.29 is 19.1 Å². The molecule has 0 aliphatic rings. The van der Waals surface area contributed by atoms with E-state index in [1.807, 2.05) is 0 Å². The third-order valence-corrected chi connectivity index (χ3v) is 3.70. The van der Waals surface area contributed by atoms with Gasteiger partial charge in [-0.2, -0.15) is 0 Å². The van der Waals surface area contributed by atoms with Crippen LogP contribution in [0.2, 0.25) is 0 Å². The van der Waals surface area contributed by atoms with Gasteiger partial charge in [-0.3, -0.25) is 4.79 Å². The molecule has 0 aliphatic carbocycles. The van der Waals surface area contributed by atoms with E-state index in [0.29, 0.717) is 22.3 Å². The number of carbonyl (C=O) groups is 2. The first-order chi connectivity index (χ1) is 9.76. The molecule has 1 atom stereocenters. The summed E-state index contributed by atoms with van der Waals surface area (Å²) in [6.45, 7) is 5.49. The van der Waals surface area contributed by atoms with Gasteiger partial charge in [0.25, 0.3) is 0 Å².